The molecule has 6 nitrogen and oxygen atoms in total. The van der Waals surface area contributed by atoms with E-state index in [0.29, 0.717) is 28.8 Å². The summed E-state index contributed by atoms with van der Waals surface area (Å²) in [4.78, 5) is 24.6. The lowest BCUT2D eigenvalue weighted by molar-refractivity contribution is 0.0980. The molecule has 1 aliphatic carbocycles. The highest BCUT2D eigenvalue weighted by atomic mass is 35.5. The van der Waals surface area contributed by atoms with Crippen LogP contribution < -0.4 is 11.5 Å². The molecular formula is C16H19ClN4O2. The summed E-state index contributed by atoms with van der Waals surface area (Å²) < 4.78 is 0. The summed E-state index contributed by atoms with van der Waals surface area (Å²) >= 11 is 0. The van der Waals surface area contributed by atoms with Crippen molar-refractivity contribution < 1.29 is 9.59 Å². The third-order valence-electron chi connectivity index (χ3n) is 3.60. The second kappa shape index (κ2) is 7.69. The highest BCUT2D eigenvalue weighted by Crippen LogP contribution is 2.25. The summed E-state index contributed by atoms with van der Waals surface area (Å²) in [5.74, 6) is -0.437. The zero-order valence-corrected chi connectivity index (χ0v) is 13.8. The van der Waals surface area contributed by atoms with Crippen LogP contribution in [-0.4, -0.2) is 23.2 Å². The van der Waals surface area contributed by atoms with Crippen molar-refractivity contribution in [3.63, 3.8) is 0 Å². The maximum absolute atomic E-state index is 12.5. The Kier molecular flexibility index (Phi) is 6.21. The molecule has 0 spiro atoms. The molecule has 0 saturated heterocycles. The normalized spacial score (nSPS) is 15.2. The molecule has 0 aliphatic heterocycles. The number of guanidine groups is 1. The number of carbonyl (C=O) groups is 2. The molecule has 2 rings (SSSR count). The van der Waals surface area contributed by atoms with Crippen molar-refractivity contribution in [3.8, 4) is 0 Å². The number of benzene rings is 1. The van der Waals surface area contributed by atoms with E-state index in [1.165, 1.54) is 6.08 Å². The minimum atomic E-state index is -0.142. The number of ketones is 2. The first-order valence-electron chi connectivity index (χ1n) is 6.92. The smallest absolute Gasteiger partial charge is 0.211 e. The van der Waals surface area contributed by atoms with Crippen LogP contribution in [0, 0.1) is 5.92 Å². The molecule has 1 aliphatic rings. The number of nitrogens with zero attached hydrogens (tertiary/aromatic N) is 2. The van der Waals surface area contributed by atoms with Gasteiger partial charge in [-0.3, -0.25) is 9.59 Å². The van der Waals surface area contributed by atoms with E-state index in [0.717, 1.165) is 0 Å². The van der Waals surface area contributed by atoms with Gasteiger partial charge in [-0.05, 0) is 19.4 Å². The predicted octanol–water partition coefficient (Wildman–Crippen LogP) is 2.09. The summed E-state index contributed by atoms with van der Waals surface area (Å²) in [6, 6.07) is 6.84. The van der Waals surface area contributed by atoms with Crippen molar-refractivity contribution in [2.75, 3.05) is 0 Å². The number of carbonyl (C=O) groups excluding carboxylic acids is 2. The minimum Gasteiger partial charge on any atom is -0.369 e. The average molecular weight is 335 g/mol. The molecule has 1 atom stereocenters. The monoisotopic (exact) mass is 334 g/mol. The van der Waals surface area contributed by atoms with Crippen LogP contribution >= 0.6 is 12.4 Å². The number of hydrogen-bond acceptors (Lipinski definition) is 4. The standard InChI is InChI=1S/C16H18N4O2.ClH/c1-9(10(2)19-20-16(17)18)7-11-8-14(21)12-5-3-4-6-13(12)15(11)22;/h3-6,8-9H,7H2,1-2H3,(H4,17,18,20);1H/b19-10-;. The van der Waals surface area contributed by atoms with Crippen molar-refractivity contribution >= 4 is 35.6 Å². The van der Waals surface area contributed by atoms with E-state index in [2.05, 4.69) is 10.2 Å². The van der Waals surface area contributed by atoms with Crippen LogP contribution in [0.5, 0.6) is 0 Å². The van der Waals surface area contributed by atoms with Gasteiger partial charge in [0.1, 0.15) is 0 Å². The van der Waals surface area contributed by atoms with Crippen molar-refractivity contribution in [2.45, 2.75) is 20.3 Å². The van der Waals surface area contributed by atoms with Gasteiger partial charge in [0.15, 0.2) is 11.6 Å². The van der Waals surface area contributed by atoms with Gasteiger partial charge in [-0.25, -0.2) is 0 Å². The number of fused-ring (bicyclic) bond motifs is 1. The van der Waals surface area contributed by atoms with Gasteiger partial charge in [0.25, 0.3) is 0 Å². The summed E-state index contributed by atoms with van der Waals surface area (Å²) in [6.07, 6.45) is 1.82. The fourth-order valence-electron chi connectivity index (χ4n) is 2.23. The molecule has 0 amide bonds. The van der Waals surface area contributed by atoms with E-state index in [9.17, 15) is 9.59 Å². The highest BCUT2D eigenvalue weighted by molar-refractivity contribution is 6.24. The summed E-state index contributed by atoms with van der Waals surface area (Å²) in [6.45, 7) is 3.68. The first kappa shape index (κ1) is 18.6. The van der Waals surface area contributed by atoms with Crippen LogP contribution in [0.25, 0.3) is 0 Å². The Morgan fingerprint density at radius 3 is 2.35 bits per heavy atom. The van der Waals surface area contributed by atoms with Crippen molar-refractivity contribution in [1.82, 2.24) is 0 Å². The van der Waals surface area contributed by atoms with E-state index in [-0.39, 0.29) is 35.9 Å². The van der Waals surface area contributed by atoms with Gasteiger partial charge in [0.2, 0.25) is 5.96 Å². The zero-order chi connectivity index (χ0) is 16.3. The van der Waals surface area contributed by atoms with E-state index >= 15 is 0 Å². The second-order valence-corrected chi connectivity index (χ2v) is 5.28. The molecule has 7 heteroatoms. The number of nitrogens with two attached hydrogens (primary N) is 2. The van der Waals surface area contributed by atoms with Crippen molar-refractivity contribution in [3.05, 3.63) is 47.0 Å². The fraction of sp³-hybridized carbons (Fsp3) is 0.250. The molecule has 0 aromatic heterocycles. The zero-order valence-electron chi connectivity index (χ0n) is 12.9. The molecule has 0 fully saturated rings. The van der Waals surface area contributed by atoms with E-state index in [4.69, 9.17) is 11.5 Å². The van der Waals surface area contributed by atoms with Gasteiger partial charge in [-0.2, -0.15) is 5.10 Å². The van der Waals surface area contributed by atoms with Crippen LogP contribution in [0.1, 0.15) is 41.0 Å². The fourth-order valence-corrected chi connectivity index (χ4v) is 2.23. The summed E-state index contributed by atoms with van der Waals surface area (Å²) in [5.41, 5.74) is 12.5. The Bertz CT molecular complexity index is 719. The third kappa shape index (κ3) is 4.26. The third-order valence-corrected chi connectivity index (χ3v) is 3.60. The molecule has 0 heterocycles. The molecule has 4 N–H and O–H groups in total. The van der Waals surface area contributed by atoms with Gasteiger partial charge >= 0.3 is 0 Å². The SMILES string of the molecule is C/C(=N/N=C(N)N)C(C)CC1=CC(=O)c2ccccc2C1=O.Cl. The molecule has 0 radical (unpaired) electrons. The van der Waals surface area contributed by atoms with Gasteiger partial charge in [0.05, 0.1) is 0 Å². The van der Waals surface area contributed by atoms with Crippen LogP contribution in [0.3, 0.4) is 0 Å². The number of halogens is 1. The summed E-state index contributed by atoms with van der Waals surface area (Å²) in [5, 5.41) is 7.51. The minimum absolute atomic E-state index is 0. The quantitative estimate of drug-likeness (QED) is 0.499. The largest absolute Gasteiger partial charge is 0.369 e. The average Bonchev–Trinajstić information content (AvgIpc) is 2.49. The van der Waals surface area contributed by atoms with E-state index < -0.39 is 0 Å². The Labute approximate surface area is 140 Å². The molecule has 0 bridgehead atoms. The van der Waals surface area contributed by atoms with Crippen molar-refractivity contribution in [1.29, 1.82) is 0 Å². The molecular weight excluding hydrogens is 316 g/mol. The number of rotatable bonds is 4. The van der Waals surface area contributed by atoms with Gasteiger partial charge in [-0.15, -0.1) is 17.5 Å². The lowest BCUT2D eigenvalue weighted by atomic mass is 9.85. The topological polar surface area (TPSA) is 111 Å². The first-order chi connectivity index (χ1) is 10.4. The predicted molar refractivity (Wildman–Crippen MR) is 93.1 cm³/mol. The van der Waals surface area contributed by atoms with Gasteiger partial charge < -0.3 is 11.5 Å². The van der Waals surface area contributed by atoms with E-state index in [1.807, 2.05) is 6.92 Å². The van der Waals surface area contributed by atoms with Crippen LogP contribution in [0.2, 0.25) is 0 Å². The Morgan fingerprint density at radius 2 is 1.74 bits per heavy atom. The Hall–Kier alpha value is -2.47. The van der Waals surface area contributed by atoms with Crippen molar-refractivity contribution in [2.24, 2.45) is 27.6 Å². The van der Waals surface area contributed by atoms with Crippen LogP contribution in [-0.2, 0) is 0 Å². The number of hydrogen-bond donors (Lipinski definition) is 2. The Morgan fingerprint density at radius 1 is 1.13 bits per heavy atom. The second-order valence-electron chi connectivity index (χ2n) is 5.28. The Balaban J connectivity index is 0.00000264. The van der Waals surface area contributed by atoms with Crippen LogP contribution in [0.4, 0.5) is 0 Å². The first-order valence-corrected chi connectivity index (χ1v) is 6.92. The summed E-state index contributed by atoms with van der Waals surface area (Å²) in [7, 11) is 0. The molecule has 23 heavy (non-hydrogen) atoms. The maximum Gasteiger partial charge on any atom is 0.211 e. The molecule has 0 saturated carbocycles. The molecule has 1 aromatic carbocycles. The maximum atomic E-state index is 12.5. The molecule has 1 aromatic rings. The lowest BCUT2D eigenvalue weighted by Gasteiger charge is -2.17. The number of Topliss-reactive ketones (excluding diaryl/α,β-unsaturated/α-hetero) is 1. The lowest BCUT2D eigenvalue weighted by Crippen LogP contribution is -2.22. The molecule has 1 unspecified atom stereocenters. The van der Waals surface area contributed by atoms with E-state index in [1.54, 1.807) is 31.2 Å². The van der Waals surface area contributed by atoms with Crippen LogP contribution in [0.15, 0.2) is 46.1 Å². The highest BCUT2D eigenvalue weighted by Gasteiger charge is 2.26. The van der Waals surface area contributed by atoms with Gasteiger partial charge in [0, 0.05) is 28.3 Å². The van der Waals surface area contributed by atoms with Gasteiger partial charge in [-0.1, -0.05) is 31.2 Å². The molecule has 122 valence electrons. The number of allylic oxidation sites excluding steroid dienone is 2.